The highest BCUT2D eigenvalue weighted by Crippen LogP contribution is 2.26. The van der Waals surface area contributed by atoms with Crippen LogP contribution in [0.25, 0.3) is 12.2 Å². The minimum atomic E-state index is -0.291. The van der Waals surface area contributed by atoms with Crippen molar-refractivity contribution in [1.29, 1.82) is 0 Å². The molecule has 0 aromatic heterocycles. The van der Waals surface area contributed by atoms with Gasteiger partial charge >= 0.3 is 0 Å². The number of carbonyl (C=O) groups excluding carboxylic acids is 2. The van der Waals surface area contributed by atoms with Gasteiger partial charge in [-0.2, -0.15) is 0 Å². The average molecular weight is 596 g/mol. The van der Waals surface area contributed by atoms with Gasteiger partial charge in [-0.1, -0.05) is 82.8 Å². The first-order valence-electron chi connectivity index (χ1n) is 11.8. The number of hydrogen-bond acceptors (Lipinski definition) is 2. The molecule has 2 N–H and O–H groups in total. The van der Waals surface area contributed by atoms with Crippen molar-refractivity contribution in [3.63, 3.8) is 0 Å². The quantitative estimate of drug-likeness (QED) is 0.199. The number of nitrogens with one attached hydrogen (secondary N) is 2. The van der Waals surface area contributed by atoms with Crippen LogP contribution in [-0.4, -0.2) is 11.8 Å². The van der Waals surface area contributed by atoms with Gasteiger partial charge in [0.1, 0.15) is 0 Å². The van der Waals surface area contributed by atoms with E-state index in [0.717, 1.165) is 11.1 Å². The number of benzene rings is 4. The molecule has 0 saturated heterocycles. The summed E-state index contributed by atoms with van der Waals surface area (Å²) in [6, 6.07) is 25.5. The third kappa shape index (κ3) is 8.22. The van der Waals surface area contributed by atoms with Crippen LogP contribution in [0, 0.1) is 0 Å². The van der Waals surface area contributed by atoms with Crippen molar-refractivity contribution >= 4 is 81.7 Å². The summed E-state index contributed by atoms with van der Waals surface area (Å²) >= 11 is 24.5. The molecule has 4 nitrogen and oxygen atoms in total. The molecule has 0 spiro atoms. The molecule has 0 fully saturated rings. The second-order valence-electron chi connectivity index (χ2n) is 8.49. The molecule has 0 aliphatic carbocycles. The number of carbonyl (C=O) groups is 2. The highest BCUT2D eigenvalue weighted by atomic mass is 35.5. The van der Waals surface area contributed by atoms with E-state index in [4.69, 9.17) is 46.4 Å². The van der Waals surface area contributed by atoms with Crippen LogP contribution in [0.2, 0.25) is 20.1 Å². The monoisotopic (exact) mass is 594 g/mol. The van der Waals surface area contributed by atoms with Gasteiger partial charge in [0.15, 0.2) is 0 Å². The maximum atomic E-state index is 12.3. The molecule has 0 unspecified atom stereocenters. The molecule has 4 aromatic rings. The van der Waals surface area contributed by atoms with Crippen LogP contribution < -0.4 is 10.6 Å². The van der Waals surface area contributed by atoms with Crippen molar-refractivity contribution in [2.45, 2.75) is 6.42 Å². The molecule has 0 aliphatic heterocycles. The summed E-state index contributed by atoms with van der Waals surface area (Å²) in [5, 5.41) is 7.54. The van der Waals surface area contributed by atoms with Crippen molar-refractivity contribution in [2.75, 3.05) is 10.6 Å². The Labute approximate surface area is 246 Å². The molecule has 0 atom stereocenters. The Bertz CT molecular complexity index is 1390. The summed E-state index contributed by atoms with van der Waals surface area (Å²) in [6.45, 7) is 0. The molecule has 0 saturated carbocycles. The van der Waals surface area contributed by atoms with E-state index >= 15 is 0 Å². The lowest BCUT2D eigenvalue weighted by Crippen LogP contribution is -2.08. The van der Waals surface area contributed by atoms with Crippen molar-refractivity contribution in [3.8, 4) is 0 Å². The van der Waals surface area contributed by atoms with E-state index in [1.807, 2.05) is 48.5 Å². The highest BCUT2D eigenvalue weighted by Gasteiger charge is 2.06. The van der Waals surface area contributed by atoms with E-state index in [1.165, 1.54) is 12.2 Å². The number of halogens is 4. The molecular weight excluding hydrogens is 574 g/mol. The zero-order valence-corrected chi connectivity index (χ0v) is 23.5. The Kier molecular flexibility index (Phi) is 9.85. The van der Waals surface area contributed by atoms with Crippen molar-refractivity contribution in [3.05, 3.63) is 139 Å². The molecule has 2 amide bonds. The normalized spacial score (nSPS) is 11.2. The zero-order valence-electron chi connectivity index (χ0n) is 20.4. The lowest BCUT2D eigenvalue weighted by molar-refractivity contribution is -0.112. The maximum absolute atomic E-state index is 12.3. The number of hydrogen-bond donors (Lipinski definition) is 2. The first kappa shape index (κ1) is 28.5. The van der Waals surface area contributed by atoms with Gasteiger partial charge in [-0.15, -0.1) is 0 Å². The van der Waals surface area contributed by atoms with Crippen LogP contribution in [0.3, 0.4) is 0 Å². The van der Waals surface area contributed by atoms with Gasteiger partial charge in [-0.05, 0) is 78.2 Å². The van der Waals surface area contributed by atoms with Gasteiger partial charge in [0.05, 0.1) is 0 Å². The minimum absolute atomic E-state index is 0.291. The van der Waals surface area contributed by atoms with Gasteiger partial charge in [0.2, 0.25) is 11.8 Å². The van der Waals surface area contributed by atoms with Gasteiger partial charge in [0, 0.05) is 54.7 Å². The maximum Gasteiger partial charge on any atom is 0.248 e. The highest BCUT2D eigenvalue weighted by molar-refractivity contribution is 6.37. The number of amides is 2. The van der Waals surface area contributed by atoms with Crippen LogP contribution in [-0.2, 0) is 16.0 Å². The molecule has 0 heterocycles. The predicted molar refractivity (Wildman–Crippen MR) is 164 cm³/mol. The van der Waals surface area contributed by atoms with Gasteiger partial charge in [-0.3, -0.25) is 9.59 Å². The topological polar surface area (TPSA) is 58.2 Å². The van der Waals surface area contributed by atoms with E-state index in [-0.39, 0.29) is 11.8 Å². The lowest BCUT2D eigenvalue weighted by atomic mass is 10.0. The molecule has 196 valence electrons. The van der Waals surface area contributed by atoms with E-state index in [0.29, 0.717) is 49.0 Å². The Morgan fingerprint density at radius 3 is 1.21 bits per heavy atom. The first-order valence-corrected chi connectivity index (χ1v) is 13.3. The fraction of sp³-hybridized carbons (Fsp3) is 0.0323. The molecule has 8 heteroatoms. The van der Waals surface area contributed by atoms with Crippen LogP contribution in [0.1, 0.15) is 22.3 Å². The van der Waals surface area contributed by atoms with E-state index < -0.39 is 0 Å². The van der Waals surface area contributed by atoms with Crippen LogP contribution in [0.4, 0.5) is 11.4 Å². The minimum Gasteiger partial charge on any atom is -0.323 e. The molecule has 4 rings (SSSR count). The summed E-state index contributed by atoms with van der Waals surface area (Å²) < 4.78 is 0. The summed E-state index contributed by atoms with van der Waals surface area (Å²) in [6.07, 6.45) is 6.65. The van der Waals surface area contributed by atoms with Crippen LogP contribution in [0.15, 0.2) is 97.1 Å². The van der Waals surface area contributed by atoms with Crippen LogP contribution in [0.5, 0.6) is 0 Å². The fourth-order valence-corrected chi connectivity index (χ4v) is 4.72. The van der Waals surface area contributed by atoms with Crippen LogP contribution >= 0.6 is 46.4 Å². The standard InChI is InChI=1S/C31H22Cl4N2O2/c32-26-3-1-4-27(33)24(26)15-17-30(38)36-22-11-7-20(8-12-22)19-21-9-13-23(14-10-21)37-31(39)18-16-25-28(34)5-2-6-29(25)35/h1-18H,19H2,(H,36,38)(H,37,39)/b17-15+,18-16+. The van der Waals surface area contributed by atoms with E-state index in [2.05, 4.69) is 10.6 Å². The Hall–Kier alpha value is -3.54. The molecule has 0 bridgehead atoms. The summed E-state index contributed by atoms with van der Waals surface area (Å²) in [5.74, 6) is -0.581. The number of anilines is 2. The first-order chi connectivity index (χ1) is 18.8. The largest absolute Gasteiger partial charge is 0.323 e. The third-order valence-electron chi connectivity index (χ3n) is 5.65. The zero-order chi connectivity index (χ0) is 27.8. The molecular formula is C31H22Cl4N2O2. The second-order valence-corrected chi connectivity index (χ2v) is 10.1. The Morgan fingerprint density at radius 1 is 0.538 bits per heavy atom. The fourth-order valence-electron chi connectivity index (χ4n) is 3.67. The summed E-state index contributed by atoms with van der Waals surface area (Å²) in [5.41, 5.74) is 4.67. The summed E-state index contributed by atoms with van der Waals surface area (Å²) in [7, 11) is 0. The molecule has 0 aliphatic rings. The van der Waals surface area contributed by atoms with Crippen molar-refractivity contribution < 1.29 is 9.59 Å². The Morgan fingerprint density at radius 2 is 0.872 bits per heavy atom. The Balaban J connectivity index is 1.29. The average Bonchev–Trinajstić information content (AvgIpc) is 2.90. The predicted octanol–water partition coefficient (Wildman–Crippen LogP) is 9.19. The van der Waals surface area contributed by atoms with Gasteiger partial charge in [0.25, 0.3) is 0 Å². The van der Waals surface area contributed by atoms with E-state index in [1.54, 1.807) is 48.6 Å². The van der Waals surface area contributed by atoms with Gasteiger partial charge in [-0.25, -0.2) is 0 Å². The SMILES string of the molecule is O=C(/C=C/c1c(Cl)cccc1Cl)Nc1ccc(Cc2ccc(NC(=O)/C=C/c3c(Cl)cccc3Cl)cc2)cc1. The molecule has 39 heavy (non-hydrogen) atoms. The smallest absolute Gasteiger partial charge is 0.248 e. The number of rotatable bonds is 8. The van der Waals surface area contributed by atoms with Crippen molar-refractivity contribution in [1.82, 2.24) is 0 Å². The van der Waals surface area contributed by atoms with E-state index in [9.17, 15) is 9.59 Å². The lowest BCUT2D eigenvalue weighted by Gasteiger charge is -2.07. The molecule has 4 aromatic carbocycles. The molecule has 0 radical (unpaired) electrons. The second kappa shape index (κ2) is 13.5. The summed E-state index contributed by atoms with van der Waals surface area (Å²) in [4.78, 5) is 24.6. The van der Waals surface area contributed by atoms with Crippen molar-refractivity contribution in [2.24, 2.45) is 0 Å². The van der Waals surface area contributed by atoms with Gasteiger partial charge < -0.3 is 10.6 Å². The third-order valence-corrected chi connectivity index (χ3v) is 6.97.